The smallest absolute Gasteiger partial charge is 0.327 e. The lowest BCUT2D eigenvalue weighted by Gasteiger charge is -2.35. The van der Waals surface area contributed by atoms with Crippen molar-refractivity contribution >= 4 is 41.1 Å². The van der Waals surface area contributed by atoms with Gasteiger partial charge in [-0.15, -0.1) is 0 Å². The summed E-state index contributed by atoms with van der Waals surface area (Å²) in [6.07, 6.45) is -0.214. The van der Waals surface area contributed by atoms with Gasteiger partial charge in [-0.25, -0.2) is 14.8 Å². The first-order valence-electron chi connectivity index (χ1n) is 7.82. The van der Waals surface area contributed by atoms with E-state index in [1.54, 1.807) is 44.2 Å². The minimum absolute atomic E-state index is 0.0425. The van der Waals surface area contributed by atoms with Gasteiger partial charge in [0, 0.05) is 22.1 Å². The molecule has 1 amide bonds. The van der Waals surface area contributed by atoms with Gasteiger partial charge in [0.2, 0.25) is 11.9 Å². The molecule has 0 spiro atoms. The van der Waals surface area contributed by atoms with E-state index in [1.165, 1.54) is 4.90 Å². The molecule has 26 heavy (non-hydrogen) atoms. The first-order valence-corrected chi connectivity index (χ1v) is 8.20. The molecule has 1 aliphatic rings. The summed E-state index contributed by atoms with van der Waals surface area (Å²) in [6.45, 7) is 3.60. The molecule has 0 aliphatic carbocycles. The van der Waals surface area contributed by atoms with Crippen molar-refractivity contribution in [1.82, 2.24) is 15.3 Å². The second-order valence-electron chi connectivity index (χ2n) is 5.84. The van der Waals surface area contributed by atoms with Crippen LogP contribution in [-0.2, 0) is 9.59 Å². The number of hydrogen-bond donors (Lipinski definition) is 2. The lowest BCUT2D eigenvalue weighted by molar-refractivity contribution is -0.140. The zero-order chi connectivity index (χ0) is 18.8. The van der Waals surface area contributed by atoms with Crippen LogP contribution in [0.2, 0.25) is 5.02 Å². The standard InChI is InChI=1S/C17H16ClN5O3/c1-9-6-10(2)20-16(19-9)22-17-21-14(24)8-13(15(25)26)23(17)12-5-3-4-11(18)7-12/h3-7,13H,8H2,1-2H3,(H,25,26)(H,19,20,21,22,24)/t13-/m1/s1. The number of halogens is 1. The second kappa shape index (κ2) is 7.09. The Hall–Kier alpha value is -3.00. The number of aliphatic carboxylic acids is 1. The maximum atomic E-state index is 12.0. The van der Waals surface area contributed by atoms with Crippen LogP contribution < -0.4 is 10.2 Å². The molecule has 2 heterocycles. The Labute approximate surface area is 154 Å². The molecule has 1 aromatic carbocycles. The van der Waals surface area contributed by atoms with Gasteiger partial charge in [-0.05, 0) is 38.1 Å². The molecule has 1 saturated heterocycles. The van der Waals surface area contributed by atoms with E-state index in [-0.39, 0.29) is 18.3 Å². The molecule has 1 fully saturated rings. The van der Waals surface area contributed by atoms with Crippen LogP contribution in [0.25, 0.3) is 0 Å². The number of rotatable bonds is 3. The van der Waals surface area contributed by atoms with Gasteiger partial charge in [-0.3, -0.25) is 15.0 Å². The average Bonchev–Trinajstić information content (AvgIpc) is 2.53. The van der Waals surface area contributed by atoms with Crippen molar-refractivity contribution in [3.63, 3.8) is 0 Å². The van der Waals surface area contributed by atoms with Crippen molar-refractivity contribution in [2.75, 3.05) is 4.90 Å². The largest absolute Gasteiger partial charge is 0.480 e. The van der Waals surface area contributed by atoms with Crippen molar-refractivity contribution in [2.45, 2.75) is 26.3 Å². The number of aliphatic imine (C=N–C) groups is 1. The summed E-state index contributed by atoms with van der Waals surface area (Å²) in [6, 6.07) is 7.33. The third-order valence-corrected chi connectivity index (χ3v) is 3.95. The number of nitrogens with one attached hydrogen (secondary N) is 1. The lowest BCUT2D eigenvalue weighted by atomic mass is 10.1. The highest BCUT2D eigenvalue weighted by atomic mass is 35.5. The maximum absolute atomic E-state index is 12.0. The summed E-state index contributed by atoms with van der Waals surface area (Å²) < 4.78 is 0. The predicted molar refractivity (Wildman–Crippen MR) is 96.7 cm³/mol. The molecule has 8 nitrogen and oxygen atoms in total. The Morgan fingerprint density at radius 3 is 2.62 bits per heavy atom. The third-order valence-electron chi connectivity index (χ3n) is 3.72. The van der Waals surface area contributed by atoms with Crippen molar-refractivity contribution in [3.05, 3.63) is 46.7 Å². The van der Waals surface area contributed by atoms with Crippen LogP contribution >= 0.6 is 11.6 Å². The van der Waals surface area contributed by atoms with Crippen LogP contribution in [0, 0.1) is 13.8 Å². The van der Waals surface area contributed by atoms with Gasteiger partial charge in [0.25, 0.3) is 5.95 Å². The average molecular weight is 374 g/mol. The predicted octanol–water partition coefficient (Wildman–Crippen LogP) is 2.21. The zero-order valence-corrected chi connectivity index (χ0v) is 14.9. The molecule has 0 saturated carbocycles. The molecule has 1 atom stereocenters. The van der Waals surface area contributed by atoms with E-state index in [1.807, 2.05) is 0 Å². The number of guanidine groups is 1. The molecule has 0 unspecified atom stereocenters. The third kappa shape index (κ3) is 3.80. The van der Waals surface area contributed by atoms with Crippen LogP contribution in [0.1, 0.15) is 17.8 Å². The first kappa shape index (κ1) is 17.8. The van der Waals surface area contributed by atoms with Crippen LogP contribution in [0.5, 0.6) is 0 Å². The minimum Gasteiger partial charge on any atom is -0.480 e. The number of carboxylic acid groups (broad SMARTS) is 1. The molecule has 2 N–H and O–H groups in total. The van der Waals surface area contributed by atoms with E-state index < -0.39 is 17.9 Å². The number of hydrogen-bond acceptors (Lipinski definition) is 5. The zero-order valence-electron chi connectivity index (χ0n) is 14.1. The van der Waals surface area contributed by atoms with Gasteiger partial charge in [0.05, 0.1) is 6.42 Å². The summed E-state index contributed by atoms with van der Waals surface area (Å²) >= 11 is 6.04. The normalized spacial score (nSPS) is 18.7. The summed E-state index contributed by atoms with van der Waals surface area (Å²) in [7, 11) is 0. The molecule has 134 valence electrons. The van der Waals surface area contributed by atoms with Crippen LogP contribution in [0.15, 0.2) is 35.3 Å². The van der Waals surface area contributed by atoms with E-state index in [9.17, 15) is 14.7 Å². The number of carbonyl (C=O) groups is 2. The van der Waals surface area contributed by atoms with Crippen LogP contribution in [-0.4, -0.2) is 39.0 Å². The molecular formula is C17H16ClN5O3. The molecule has 0 radical (unpaired) electrons. The Morgan fingerprint density at radius 1 is 1.31 bits per heavy atom. The quantitative estimate of drug-likeness (QED) is 0.854. The van der Waals surface area contributed by atoms with E-state index in [0.29, 0.717) is 22.1 Å². The summed E-state index contributed by atoms with van der Waals surface area (Å²) in [5, 5.41) is 12.6. The highest BCUT2D eigenvalue weighted by Gasteiger charge is 2.37. The fraction of sp³-hybridized carbons (Fsp3) is 0.235. The second-order valence-corrected chi connectivity index (χ2v) is 6.28. The van der Waals surface area contributed by atoms with Crippen molar-refractivity contribution in [2.24, 2.45) is 4.99 Å². The van der Waals surface area contributed by atoms with E-state index in [4.69, 9.17) is 11.6 Å². The van der Waals surface area contributed by atoms with Gasteiger partial charge in [0.15, 0.2) is 0 Å². The van der Waals surface area contributed by atoms with Crippen LogP contribution in [0.4, 0.5) is 11.6 Å². The SMILES string of the molecule is Cc1cc(C)nc(/N=C2\NC(=O)C[C@H](C(=O)O)N2c2cccc(Cl)c2)n1. The topological polar surface area (TPSA) is 108 Å². The van der Waals surface area contributed by atoms with Crippen molar-refractivity contribution < 1.29 is 14.7 Å². The molecular weight excluding hydrogens is 358 g/mol. The number of carbonyl (C=O) groups excluding carboxylic acids is 1. The van der Waals surface area contributed by atoms with Gasteiger partial charge in [-0.2, -0.15) is 4.99 Å². The fourth-order valence-corrected chi connectivity index (χ4v) is 2.89. The molecule has 1 aromatic heterocycles. The monoisotopic (exact) mass is 373 g/mol. The number of aromatic nitrogens is 2. The Morgan fingerprint density at radius 2 is 2.00 bits per heavy atom. The maximum Gasteiger partial charge on any atom is 0.327 e. The minimum atomic E-state index is -1.14. The highest BCUT2D eigenvalue weighted by Crippen LogP contribution is 2.26. The molecule has 3 rings (SSSR count). The first-order chi connectivity index (χ1) is 12.3. The molecule has 2 aromatic rings. The number of anilines is 1. The lowest BCUT2D eigenvalue weighted by Crippen LogP contribution is -2.58. The van der Waals surface area contributed by atoms with Gasteiger partial charge < -0.3 is 5.11 Å². The summed E-state index contributed by atoms with van der Waals surface area (Å²) in [4.78, 5) is 37.9. The Balaban J connectivity index is 2.13. The van der Waals surface area contributed by atoms with Crippen molar-refractivity contribution in [3.8, 4) is 0 Å². The number of nitrogens with zero attached hydrogens (tertiary/aromatic N) is 4. The molecule has 9 heteroatoms. The van der Waals surface area contributed by atoms with Gasteiger partial charge in [-0.1, -0.05) is 17.7 Å². The molecule has 1 aliphatic heterocycles. The van der Waals surface area contributed by atoms with Gasteiger partial charge in [0.1, 0.15) is 6.04 Å². The number of carboxylic acids is 1. The van der Waals surface area contributed by atoms with E-state index in [0.717, 1.165) is 0 Å². The summed E-state index contributed by atoms with van der Waals surface area (Å²) in [5.74, 6) is -1.41. The Kier molecular flexibility index (Phi) is 4.85. The van der Waals surface area contributed by atoms with E-state index in [2.05, 4.69) is 20.3 Å². The van der Waals surface area contributed by atoms with Crippen LogP contribution in [0.3, 0.4) is 0 Å². The van der Waals surface area contributed by atoms with Gasteiger partial charge >= 0.3 is 5.97 Å². The molecule has 0 bridgehead atoms. The number of amides is 1. The van der Waals surface area contributed by atoms with Crippen molar-refractivity contribution in [1.29, 1.82) is 0 Å². The Bertz CT molecular complexity index is 895. The highest BCUT2D eigenvalue weighted by molar-refractivity contribution is 6.31. The summed E-state index contributed by atoms with van der Waals surface area (Å²) in [5.41, 5.74) is 1.92. The van der Waals surface area contributed by atoms with E-state index >= 15 is 0 Å². The fourth-order valence-electron chi connectivity index (χ4n) is 2.71. The number of aryl methyl sites for hydroxylation is 2. The number of benzene rings is 1.